The lowest BCUT2D eigenvalue weighted by molar-refractivity contribution is 0.354. The summed E-state index contributed by atoms with van der Waals surface area (Å²) in [5.74, 6) is 2.50. The van der Waals surface area contributed by atoms with Crippen molar-refractivity contribution in [3.05, 3.63) is 46.7 Å². The summed E-state index contributed by atoms with van der Waals surface area (Å²) in [4.78, 5) is 7.28. The van der Waals surface area contributed by atoms with E-state index < -0.39 is 0 Å². The van der Waals surface area contributed by atoms with Crippen LogP contribution in [0.2, 0.25) is 5.02 Å². The molecule has 0 radical (unpaired) electrons. The molecule has 2 atom stereocenters. The van der Waals surface area contributed by atoms with Gasteiger partial charge in [0.1, 0.15) is 5.82 Å². The van der Waals surface area contributed by atoms with Gasteiger partial charge in [-0.2, -0.15) is 9.61 Å². The third-order valence-electron chi connectivity index (χ3n) is 5.21. The summed E-state index contributed by atoms with van der Waals surface area (Å²) < 4.78 is 2.01. The second-order valence-electron chi connectivity index (χ2n) is 7.78. The van der Waals surface area contributed by atoms with Gasteiger partial charge in [0, 0.05) is 35.4 Å². The Balaban J connectivity index is 1.92. The van der Waals surface area contributed by atoms with Gasteiger partial charge in [-0.1, -0.05) is 43.6 Å². The van der Waals surface area contributed by atoms with Crippen LogP contribution >= 0.6 is 11.6 Å². The summed E-state index contributed by atoms with van der Waals surface area (Å²) in [6.07, 6.45) is 1.28. The fourth-order valence-electron chi connectivity index (χ4n) is 4.28. The van der Waals surface area contributed by atoms with Crippen LogP contribution in [0.3, 0.4) is 0 Å². The molecule has 2 aromatic heterocycles. The first-order valence-corrected chi connectivity index (χ1v) is 9.68. The largest absolute Gasteiger partial charge is 0.356 e. The Hall–Kier alpha value is -2.07. The molecule has 0 aliphatic carbocycles. The average Bonchev–Trinajstić information content (AvgIpc) is 2.89. The standard InChI is InChI=1S/C21H25ClN4/c1-13-9-14(2)12-25(11-13)19-10-15(3)23-21-20(16(4)24-26(19)21)17-7-5-6-8-18(17)22/h5-8,10,13-14H,9,11-12H2,1-4H3/t13-,14-/m1/s1. The van der Waals surface area contributed by atoms with Gasteiger partial charge in [-0.25, -0.2) is 4.98 Å². The molecule has 1 saturated heterocycles. The molecule has 1 aromatic carbocycles. The SMILES string of the molecule is Cc1cc(N2C[C@H](C)C[C@@H](C)C2)n2nc(C)c(-c3ccccc3Cl)c2n1. The highest BCUT2D eigenvalue weighted by Gasteiger charge is 2.26. The zero-order valence-electron chi connectivity index (χ0n) is 15.8. The smallest absolute Gasteiger partial charge is 0.165 e. The lowest BCUT2D eigenvalue weighted by atomic mass is 9.92. The fraction of sp³-hybridized carbons (Fsp3) is 0.429. The van der Waals surface area contributed by atoms with Gasteiger partial charge in [0.15, 0.2) is 5.65 Å². The lowest BCUT2D eigenvalue weighted by Crippen LogP contribution is -2.39. The molecule has 3 heterocycles. The van der Waals surface area contributed by atoms with E-state index in [0.717, 1.165) is 52.1 Å². The Morgan fingerprint density at radius 1 is 1.08 bits per heavy atom. The van der Waals surface area contributed by atoms with Crippen LogP contribution in [0.1, 0.15) is 31.7 Å². The summed E-state index contributed by atoms with van der Waals surface area (Å²) in [6.45, 7) is 10.9. The summed E-state index contributed by atoms with van der Waals surface area (Å²) in [7, 11) is 0. The van der Waals surface area contributed by atoms with Crippen molar-refractivity contribution in [2.24, 2.45) is 11.8 Å². The highest BCUT2D eigenvalue weighted by Crippen LogP contribution is 2.35. The van der Waals surface area contributed by atoms with E-state index in [0.29, 0.717) is 11.8 Å². The van der Waals surface area contributed by atoms with Crippen LogP contribution in [0.5, 0.6) is 0 Å². The summed E-state index contributed by atoms with van der Waals surface area (Å²) in [6, 6.07) is 10.1. The average molecular weight is 369 g/mol. The number of benzene rings is 1. The number of fused-ring (bicyclic) bond motifs is 1. The molecule has 1 aliphatic rings. The maximum absolute atomic E-state index is 6.48. The molecule has 0 N–H and O–H groups in total. The van der Waals surface area contributed by atoms with E-state index in [2.05, 4.69) is 31.7 Å². The van der Waals surface area contributed by atoms with Crippen molar-refractivity contribution in [2.75, 3.05) is 18.0 Å². The van der Waals surface area contributed by atoms with Gasteiger partial charge in [-0.15, -0.1) is 0 Å². The molecule has 0 spiro atoms. The molecular weight excluding hydrogens is 344 g/mol. The van der Waals surface area contributed by atoms with E-state index in [9.17, 15) is 0 Å². The number of hydrogen-bond donors (Lipinski definition) is 0. The number of aryl methyl sites for hydroxylation is 2. The molecule has 0 amide bonds. The van der Waals surface area contributed by atoms with Crippen LogP contribution in [0.4, 0.5) is 5.82 Å². The number of hydrogen-bond acceptors (Lipinski definition) is 3. The predicted molar refractivity (Wildman–Crippen MR) is 108 cm³/mol. The van der Waals surface area contributed by atoms with E-state index in [1.807, 2.05) is 35.7 Å². The third-order valence-corrected chi connectivity index (χ3v) is 5.54. The van der Waals surface area contributed by atoms with E-state index in [1.165, 1.54) is 6.42 Å². The molecule has 4 nitrogen and oxygen atoms in total. The minimum Gasteiger partial charge on any atom is -0.356 e. The minimum absolute atomic E-state index is 0.682. The van der Waals surface area contributed by atoms with E-state index in [4.69, 9.17) is 21.7 Å². The number of nitrogens with zero attached hydrogens (tertiary/aromatic N) is 4. The van der Waals surface area contributed by atoms with Crippen molar-refractivity contribution in [1.82, 2.24) is 14.6 Å². The first-order valence-electron chi connectivity index (χ1n) is 9.31. The molecule has 5 heteroatoms. The normalized spacial score (nSPS) is 20.7. The van der Waals surface area contributed by atoms with Gasteiger partial charge in [0.2, 0.25) is 0 Å². The Bertz CT molecular complexity index is 952. The molecule has 0 bridgehead atoms. The molecule has 0 unspecified atom stereocenters. The summed E-state index contributed by atoms with van der Waals surface area (Å²) in [5, 5.41) is 5.58. The third kappa shape index (κ3) is 2.96. The topological polar surface area (TPSA) is 33.4 Å². The summed E-state index contributed by atoms with van der Waals surface area (Å²) in [5.41, 5.74) is 4.86. The van der Waals surface area contributed by atoms with Crippen molar-refractivity contribution in [3.63, 3.8) is 0 Å². The predicted octanol–water partition coefficient (Wildman–Crippen LogP) is 5.15. The van der Waals surface area contributed by atoms with Crippen molar-refractivity contribution < 1.29 is 0 Å². The highest BCUT2D eigenvalue weighted by molar-refractivity contribution is 6.33. The Morgan fingerprint density at radius 3 is 2.46 bits per heavy atom. The number of rotatable bonds is 2. The zero-order chi connectivity index (χ0) is 18.4. The van der Waals surface area contributed by atoms with Crippen LogP contribution in [-0.4, -0.2) is 27.7 Å². The van der Waals surface area contributed by atoms with Gasteiger partial charge in [-0.3, -0.25) is 0 Å². The maximum atomic E-state index is 6.48. The van der Waals surface area contributed by atoms with Crippen LogP contribution in [-0.2, 0) is 0 Å². The molecule has 4 rings (SSSR count). The van der Waals surface area contributed by atoms with Crippen molar-refractivity contribution in [1.29, 1.82) is 0 Å². The molecule has 3 aromatic rings. The molecule has 0 saturated carbocycles. The van der Waals surface area contributed by atoms with Gasteiger partial charge in [-0.05, 0) is 38.2 Å². The number of aromatic nitrogens is 3. The second kappa shape index (κ2) is 6.58. The van der Waals surface area contributed by atoms with Gasteiger partial charge < -0.3 is 4.90 Å². The van der Waals surface area contributed by atoms with Crippen molar-refractivity contribution in [2.45, 2.75) is 34.1 Å². The van der Waals surface area contributed by atoms with Gasteiger partial charge in [0.25, 0.3) is 0 Å². The van der Waals surface area contributed by atoms with Gasteiger partial charge in [0.05, 0.1) is 11.3 Å². The maximum Gasteiger partial charge on any atom is 0.165 e. The monoisotopic (exact) mass is 368 g/mol. The van der Waals surface area contributed by atoms with Crippen molar-refractivity contribution >= 4 is 23.1 Å². The number of halogens is 1. The van der Waals surface area contributed by atoms with Crippen molar-refractivity contribution in [3.8, 4) is 11.1 Å². The molecular formula is C21H25ClN4. The molecule has 136 valence electrons. The van der Waals surface area contributed by atoms with E-state index in [1.54, 1.807) is 0 Å². The first-order chi connectivity index (χ1) is 12.4. The molecule has 1 aliphatic heterocycles. The Labute approximate surface area is 159 Å². The fourth-order valence-corrected chi connectivity index (χ4v) is 4.51. The minimum atomic E-state index is 0.682. The van der Waals surface area contributed by atoms with E-state index in [-0.39, 0.29) is 0 Å². The van der Waals surface area contributed by atoms with Crippen LogP contribution in [0.25, 0.3) is 16.8 Å². The number of piperidine rings is 1. The number of anilines is 1. The Morgan fingerprint density at radius 2 is 1.77 bits per heavy atom. The lowest BCUT2D eigenvalue weighted by Gasteiger charge is -2.36. The van der Waals surface area contributed by atoms with Crippen LogP contribution in [0.15, 0.2) is 30.3 Å². The zero-order valence-corrected chi connectivity index (χ0v) is 16.6. The quantitative estimate of drug-likeness (QED) is 0.627. The summed E-state index contributed by atoms with van der Waals surface area (Å²) >= 11 is 6.48. The Kier molecular flexibility index (Phi) is 4.39. The van der Waals surface area contributed by atoms with Crippen LogP contribution in [0, 0.1) is 25.7 Å². The van der Waals surface area contributed by atoms with Crippen LogP contribution < -0.4 is 4.90 Å². The first kappa shape index (κ1) is 17.3. The molecule has 26 heavy (non-hydrogen) atoms. The van der Waals surface area contributed by atoms with E-state index >= 15 is 0 Å². The van der Waals surface area contributed by atoms with Gasteiger partial charge >= 0.3 is 0 Å². The molecule has 1 fully saturated rings. The second-order valence-corrected chi connectivity index (χ2v) is 8.19. The highest BCUT2D eigenvalue weighted by atomic mass is 35.5.